The van der Waals surface area contributed by atoms with Gasteiger partial charge >= 0.3 is 5.69 Å². The van der Waals surface area contributed by atoms with Gasteiger partial charge in [-0.05, 0) is 55.9 Å². The molecule has 24 heavy (non-hydrogen) atoms. The van der Waals surface area contributed by atoms with E-state index < -0.39 is 4.92 Å². The van der Waals surface area contributed by atoms with E-state index >= 15 is 0 Å². The molecule has 4 aliphatic rings. The number of ether oxygens (including phenoxy) is 1. The second-order valence-electron chi connectivity index (χ2n) is 7.49. The number of rotatable bonds is 4. The molecule has 2 saturated carbocycles. The number of benzene rings is 1. The quantitative estimate of drug-likeness (QED) is 0.628. The number of nitrogens with zero attached hydrogens (tertiary/aromatic N) is 2. The van der Waals surface area contributed by atoms with Crippen molar-refractivity contribution >= 4 is 11.6 Å². The summed E-state index contributed by atoms with van der Waals surface area (Å²) in [4.78, 5) is 25.3. The third-order valence-electron chi connectivity index (χ3n) is 5.84. The van der Waals surface area contributed by atoms with Crippen molar-refractivity contribution in [3.8, 4) is 5.75 Å². The molecular weight excluding hydrogens is 308 g/mol. The molecule has 2 aliphatic heterocycles. The molecule has 4 bridgehead atoms. The minimum atomic E-state index is -0.480. The second kappa shape index (κ2) is 6.07. The minimum absolute atomic E-state index is 0.0358. The third kappa shape index (κ3) is 2.85. The Balaban J connectivity index is 1.44. The molecule has 2 saturated heterocycles. The maximum Gasteiger partial charge on any atom is 0.310 e. The maximum atomic E-state index is 12.7. The Hall–Kier alpha value is -2.11. The molecule has 2 atom stereocenters. The van der Waals surface area contributed by atoms with Gasteiger partial charge in [-0.3, -0.25) is 14.9 Å². The van der Waals surface area contributed by atoms with Gasteiger partial charge in [-0.2, -0.15) is 0 Å². The second-order valence-corrected chi connectivity index (χ2v) is 7.49. The number of amides is 1. The Labute approximate surface area is 140 Å². The molecule has 6 nitrogen and oxygen atoms in total. The molecule has 1 aromatic rings. The maximum absolute atomic E-state index is 12.7. The van der Waals surface area contributed by atoms with Crippen molar-refractivity contribution in [1.82, 2.24) is 4.90 Å². The number of carbonyl (C=O) groups excluding carboxylic acids is 1. The van der Waals surface area contributed by atoms with E-state index in [4.69, 9.17) is 4.74 Å². The molecule has 0 N–H and O–H groups in total. The van der Waals surface area contributed by atoms with E-state index in [0.717, 1.165) is 31.2 Å². The highest BCUT2D eigenvalue weighted by Crippen LogP contribution is 2.47. The summed E-state index contributed by atoms with van der Waals surface area (Å²) in [6, 6.07) is 6.55. The molecule has 2 unspecified atom stereocenters. The van der Waals surface area contributed by atoms with Crippen molar-refractivity contribution in [2.75, 3.05) is 13.2 Å². The molecular formula is C18H22N2O4. The average molecular weight is 330 g/mol. The molecule has 128 valence electrons. The van der Waals surface area contributed by atoms with Crippen molar-refractivity contribution < 1.29 is 14.5 Å². The van der Waals surface area contributed by atoms with Gasteiger partial charge in [0.1, 0.15) is 0 Å². The highest BCUT2D eigenvalue weighted by atomic mass is 16.6. The first-order chi connectivity index (χ1) is 11.6. The zero-order chi connectivity index (χ0) is 16.7. The molecule has 0 aromatic heterocycles. The fourth-order valence-corrected chi connectivity index (χ4v) is 5.04. The van der Waals surface area contributed by atoms with Gasteiger partial charge < -0.3 is 9.64 Å². The van der Waals surface area contributed by atoms with Gasteiger partial charge in [-0.15, -0.1) is 0 Å². The van der Waals surface area contributed by atoms with Crippen LogP contribution in [0.2, 0.25) is 0 Å². The lowest BCUT2D eigenvalue weighted by atomic mass is 9.68. The molecule has 1 aromatic carbocycles. The Morgan fingerprint density at radius 1 is 1.12 bits per heavy atom. The van der Waals surface area contributed by atoms with Crippen LogP contribution in [-0.4, -0.2) is 34.9 Å². The van der Waals surface area contributed by atoms with Crippen LogP contribution in [0.25, 0.3) is 0 Å². The van der Waals surface area contributed by atoms with Crippen LogP contribution in [0.1, 0.15) is 32.1 Å². The molecule has 4 fully saturated rings. The summed E-state index contributed by atoms with van der Waals surface area (Å²) in [5.74, 6) is 2.31. The largest absolute Gasteiger partial charge is 0.477 e. The van der Waals surface area contributed by atoms with Crippen molar-refractivity contribution in [2.45, 2.75) is 38.1 Å². The van der Waals surface area contributed by atoms with Crippen LogP contribution in [0.3, 0.4) is 0 Å². The summed E-state index contributed by atoms with van der Waals surface area (Å²) in [6.45, 7) is 0.708. The fourth-order valence-electron chi connectivity index (χ4n) is 5.04. The summed E-state index contributed by atoms with van der Waals surface area (Å²) in [7, 11) is 0. The van der Waals surface area contributed by atoms with Crippen LogP contribution in [0.15, 0.2) is 24.3 Å². The molecule has 6 heteroatoms. The van der Waals surface area contributed by atoms with E-state index in [1.807, 2.05) is 4.90 Å². The third-order valence-corrected chi connectivity index (χ3v) is 5.84. The number of hydrogen-bond donors (Lipinski definition) is 0. The number of carbonyl (C=O) groups is 1. The van der Waals surface area contributed by atoms with E-state index in [1.54, 1.807) is 18.2 Å². The molecule has 0 spiro atoms. The van der Waals surface area contributed by atoms with Crippen LogP contribution in [-0.2, 0) is 4.79 Å². The molecule has 2 heterocycles. The number of hydrogen-bond acceptors (Lipinski definition) is 4. The molecule has 1 amide bonds. The average Bonchev–Trinajstić information content (AvgIpc) is 2.76. The predicted octanol–water partition coefficient (Wildman–Crippen LogP) is 3.01. The van der Waals surface area contributed by atoms with Crippen molar-refractivity contribution in [3.05, 3.63) is 34.4 Å². The lowest BCUT2D eigenvalue weighted by Crippen LogP contribution is -2.44. The molecule has 2 aliphatic carbocycles. The topological polar surface area (TPSA) is 72.7 Å². The standard InChI is InChI=1S/C18H22N2O4/c21-18(11-24-17-4-2-1-3-16(17)20(22)23)19-10-14-6-12-5-13(7-14)9-15(19)8-12/h1-4,12-15H,5-11H2. The summed E-state index contributed by atoms with van der Waals surface area (Å²) in [5, 5.41) is 11.0. The summed E-state index contributed by atoms with van der Waals surface area (Å²) >= 11 is 0. The minimum Gasteiger partial charge on any atom is -0.477 e. The SMILES string of the molecule is O=C(COc1ccccc1[N+](=O)[O-])N1CC2CC3CC(C2)CC1C3. The van der Waals surface area contributed by atoms with Crippen LogP contribution in [0.4, 0.5) is 5.69 Å². The van der Waals surface area contributed by atoms with Crippen molar-refractivity contribution in [3.63, 3.8) is 0 Å². The van der Waals surface area contributed by atoms with E-state index in [2.05, 4.69) is 0 Å². The van der Waals surface area contributed by atoms with E-state index in [9.17, 15) is 14.9 Å². The van der Waals surface area contributed by atoms with Gasteiger partial charge in [0, 0.05) is 18.7 Å². The van der Waals surface area contributed by atoms with Crippen LogP contribution in [0.5, 0.6) is 5.75 Å². The first-order valence-electron chi connectivity index (χ1n) is 8.76. The lowest BCUT2D eigenvalue weighted by molar-refractivity contribution is -0.385. The van der Waals surface area contributed by atoms with Gasteiger partial charge in [0.15, 0.2) is 12.4 Å². The Morgan fingerprint density at radius 3 is 2.50 bits per heavy atom. The first kappa shape index (κ1) is 15.4. The Bertz CT molecular complexity index is 648. The highest BCUT2D eigenvalue weighted by molar-refractivity contribution is 5.78. The summed E-state index contributed by atoms with van der Waals surface area (Å²) in [6.07, 6.45) is 6.07. The van der Waals surface area contributed by atoms with Gasteiger partial charge in [-0.1, -0.05) is 12.1 Å². The van der Waals surface area contributed by atoms with E-state index in [0.29, 0.717) is 12.0 Å². The zero-order valence-corrected chi connectivity index (χ0v) is 13.6. The summed E-state index contributed by atoms with van der Waals surface area (Å²) < 4.78 is 5.51. The van der Waals surface area contributed by atoms with Crippen LogP contribution < -0.4 is 4.74 Å². The monoisotopic (exact) mass is 330 g/mol. The van der Waals surface area contributed by atoms with E-state index in [-0.39, 0.29) is 24.0 Å². The highest BCUT2D eigenvalue weighted by Gasteiger charge is 2.44. The first-order valence-corrected chi connectivity index (χ1v) is 8.76. The van der Waals surface area contributed by atoms with Crippen LogP contribution in [0, 0.1) is 27.9 Å². The Morgan fingerprint density at radius 2 is 1.79 bits per heavy atom. The number of fused-ring (bicyclic) bond motifs is 1. The van der Waals surface area contributed by atoms with Gasteiger partial charge in [0.25, 0.3) is 5.91 Å². The van der Waals surface area contributed by atoms with Gasteiger partial charge in [0.2, 0.25) is 0 Å². The van der Waals surface area contributed by atoms with Crippen LogP contribution >= 0.6 is 0 Å². The van der Waals surface area contributed by atoms with Gasteiger partial charge in [-0.25, -0.2) is 0 Å². The molecule has 0 radical (unpaired) electrons. The van der Waals surface area contributed by atoms with Crippen molar-refractivity contribution in [2.24, 2.45) is 17.8 Å². The van der Waals surface area contributed by atoms with E-state index in [1.165, 1.54) is 25.3 Å². The zero-order valence-electron chi connectivity index (χ0n) is 13.6. The lowest BCUT2D eigenvalue weighted by Gasteiger charge is -2.38. The molecule has 5 rings (SSSR count). The van der Waals surface area contributed by atoms with Gasteiger partial charge in [0.05, 0.1) is 4.92 Å². The number of nitro benzene ring substituents is 1. The smallest absolute Gasteiger partial charge is 0.310 e. The fraction of sp³-hybridized carbons (Fsp3) is 0.611. The Kier molecular flexibility index (Phi) is 3.90. The van der Waals surface area contributed by atoms with Crippen molar-refractivity contribution in [1.29, 1.82) is 0 Å². The number of nitro groups is 1. The predicted molar refractivity (Wildman–Crippen MR) is 87.6 cm³/mol. The normalized spacial score (nSPS) is 30.9. The number of para-hydroxylation sites is 2. The summed E-state index contributed by atoms with van der Waals surface area (Å²) in [5.41, 5.74) is -0.0962.